The Morgan fingerprint density at radius 2 is 2.05 bits per heavy atom. The third-order valence-corrected chi connectivity index (χ3v) is 3.20. The predicted octanol–water partition coefficient (Wildman–Crippen LogP) is 4.15. The summed E-state index contributed by atoms with van der Waals surface area (Å²) in [6.07, 6.45) is -2.85. The van der Waals surface area contributed by atoms with E-state index in [0.29, 0.717) is 12.2 Å². The van der Waals surface area contributed by atoms with Gasteiger partial charge in [-0.15, -0.1) is 0 Å². The van der Waals surface area contributed by atoms with Crippen molar-refractivity contribution in [3.63, 3.8) is 0 Å². The number of alkyl halides is 3. The van der Waals surface area contributed by atoms with Gasteiger partial charge in [-0.2, -0.15) is 13.2 Å². The summed E-state index contributed by atoms with van der Waals surface area (Å²) < 4.78 is 37.8. The predicted molar refractivity (Wildman–Crippen MR) is 71.0 cm³/mol. The second-order valence-corrected chi connectivity index (χ2v) is 4.86. The molecule has 19 heavy (non-hydrogen) atoms. The fourth-order valence-electron chi connectivity index (χ4n) is 1.57. The largest absolute Gasteiger partial charge is 0.416 e. The SMILES string of the molecule is CCCCN(C(N)=O)c1ccc(C(F)(F)F)cc1Br. The van der Waals surface area contributed by atoms with Crippen molar-refractivity contribution in [1.29, 1.82) is 0 Å². The van der Waals surface area contributed by atoms with Crippen LogP contribution in [0.4, 0.5) is 23.7 Å². The van der Waals surface area contributed by atoms with Crippen LogP contribution in [0.2, 0.25) is 0 Å². The van der Waals surface area contributed by atoms with E-state index in [0.717, 1.165) is 25.0 Å². The average Bonchev–Trinajstić information content (AvgIpc) is 2.29. The number of primary amides is 1. The summed E-state index contributed by atoms with van der Waals surface area (Å²) in [5, 5.41) is 0. The number of hydrogen-bond acceptors (Lipinski definition) is 1. The van der Waals surface area contributed by atoms with E-state index in [1.807, 2.05) is 6.92 Å². The highest BCUT2D eigenvalue weighted by Crippen LogP contribution is 2.35. The highest BCUT2D eigenvalue weighted by Gasteiger charge is 2.31. The Bertz CT molecular complexity index is 463. The van der Waals surface area contributed by atoms with E-state index in [4.69, 9.17) is 5.73 Å². The third-order valence-electron chi connectivity index (χ3n) is 2.57. The van der Waals surface area contributed by atoms with E-state index in [1.54, 1.807) is 0 Å². The molecule has 0 fully saturated rings. The van der Waals surface area contributed by atoms with Crippen LogP contribution in [-0.2, 0) is 6.18 Å². The van der Waals surface area contributed by atoms with E-state index in [-0.39, 0.29) is 4.47 Å². The van der Waals surface area contributed by atoms with Gasteiger partial charge in [0, 0.05) is 11.0 Å². The van der Waals surface area contributed by atoms with Gasteiger partial charge in [-0.3, -0.25) is 4.90 Å². The molecule has 0 bridgehead atoms. The van der Waals surface area contributed by atoms with Crippen molar-refractivity contribution in [2.24, 2.45) is 5.73 Å². The van der Waals surface area contributed by atoms with Crippen LogP contribution >= 0.6 is 15.9 Å². The first-order chi connectivity index (χ1) is 8.77. The number of hydrogen-bond donors (Lipinski definition) is 1. The van der Waals surface area contributed by atoms with Crippen molar-refractivity contribution in [2.75, 3.05) is 11.4 Å². The first-order valence-corrected chi connectivity index (χ1v) is 6.50. The van der Waals surface area contributed by atoms with Gasteiger partial charge in [0.2, 0.25) is 0 Å². The molecular formula is C12H14BrF3N2O. The maximum absolute atomic E-state index is 12.5. The van der Waals surface area contributed by atoms with Gasteiger partial charge in [-0.25, -0.2) is 4.79 Å². The molecule has 1 rings (SSSR count). The van der Waals surface area contributed by atoms with Crippen molar-refractivity contribution >= 4 is 27.6 Å². The zero-order valence-electron chi connectivity index (χ0n) is 10.3. The van der Waals surface area contributed by atoms with Crippen molar-refractivity contribution in [3.05, 3.63) is 28.2 Å². The van der Waals surface area contributed by atoms with E-state index in [1.165, 1.54) is 11.0 Å². The summed E-state index contributed by atoms with van der Waals surface area (Å²) in [6, 6.07) is 2.43. The lowest BCUT2D eigenvalue weighted by Crippen LogP contribution is -2.36. The van der Waals surface area contributed by atoms with Gasteiger partial charge in [0.25, 0.3) is 0 Å². The summed E-state index contributed by atoms with van der Waals surface area (Å²) in [6.45, 7) is 2.32. The van der Waals surface area contributed by atoms with Gasteiger partial charge >= 0.3 is 12.2 Å². The van der Waals surface area contributed by atoms with Crippen LogP contribution in [0.25, 0.3) is 0 Å². The minimum absolute atomic E-state index is 0.192. The van der Waals surface area contributed by atoms with Gasteiger partial charge in [0.1, 0.15) is 0 Å². The Labute approximate surface area is 117 Å². The maximum atomic E-state index is 12.5. The topological polar surface area (TPSA) is 46.3 Å². The quantitative estimate of drug-likeness (QED) is 0.880. The summed E-state index contributed by atoms with van der Waals surface area (Å²) in [4.78, 5) is 12.6. The molecule has 0 aliphatic rings. The number of anilines is 1. The molecule has 0 aliphatic heterocycles. The molecule has 106 valence electrons. The molecule has 1 aromatic rings. The lowest BCUT2D eigenvalue weighted by Gasteiger charge is -2.22. The Hall–Kier alpha value is -1.24. The fraction of sp³-hybridized carbons (Fsp3) is 0.417. The smallest absolute Gasteiger partial charge is 0.351 e. The maximum Gasteiger partial charge on any atom is 0.416 e. The van der Waals surface area contributed by atoms with Gasteiger partial charge in [-0.05, 0) is 40.5 Å². The molecule has 0 unspecified atom stereocenters. The van der Waals surface area contributed by atoms with Crippen LogP contribution in [0.3, 0.4) is 0 Å². The Morgan fingerprint density at radius 1 is 1.42 bits per heavy atom. The minimum atomic E-state index is -4.41. The molecular weight excluding hydrogens is 325 g/mol. The van der Waals surface area contributed by atoms with Crippen LogP contribution in [0.15, 0.2) is 22.7 Å². The van der Waals surface area contributed by atoms with Crippen LogP contribution in [0.1, 0.15) is 25.3 Å². The number of nitrogens with two attached hydrogens (primary N) is 1. The fourth-order valence-corrected chi connectivity index (χ4v) is 2.16. The molecule has 0 aliphatic carbocycles. The van der Waals surface area contributed by atoms with Crippen molar-refractivity contribution < 1.29 is 18.0 Å². The van der Waals surface area contributed by atoms with Crippen LogP contribution in [0, 0.1) is 0 Å². The summed E-state index contributed by atoms with van der Waals surface area (Å²) in [5.41, 5.74) is 4.81. The molecule has 3 nitrogen and oxygen atoms in total. The average molecular weight is 339 g/mol. The molecule has 0 atom stereocenters. The number of nitrogens with zero attached hydrogens (tertiary/aromatic N) is 1. The van der Waals surface area contributed by atoms with Crippen LogP contribution < -0.4 is 10.6 Å². The number of carbonyl (C=O) groups is 1. The van der Waals surface area contributed by atoms with Gasteiger partial charge < -0.3 is 5.73 Å². The van der Waals surface area contributed by atoms with Gasteiger partial charge in [0.15, 0.2) is 0 Å². The monoisotopic (exact) mass is 338 g/mol. The summed E-state index contributed by atoms with van der Waals surface area (Å²) in [5.74, 6) is 0. The summed E-state index contributed by atoms with van der Waals surface area (Å²) in [7, 11) is 0. The lowest BCUT2D eigenvalue weighted by molar-refractivity contribution is -0.137. The van der Waals surface area contributed by atoms with Crippen molar-refractivity contribution in [2.45, 2.75) is 25.9 Å². The van der Waals surface area contributed by atoms with E-state index >= 15 is 0 Å². The third kappa shape index (κ3) is 4.12. The molecule has 0 radical (unpaired) electrons. The zero-order chi connectivity index (χ0) is 14.6. The lowest BCUT2D eigenvalue weighted by atomic mass is 10.2. The minimum Gasteiger partial charge on any atom is -0.351 e. The second kappa shape index (κ2) is 6.27. The first kappa shape index (κ1) is 15.8. The van der Waals surface area contributed by atoms with Crippen LogP contribution in [0.5, 0.6) is 0 Å². The van der Waals surface area contributed by atoms with Crippen molar-refractivity contribution in [3.8, 4) is 0 Å². The molecule has 0 spiro atoms. The molecule has 7 heteroatoms. The van der Waals surface area contributed by atoms with E-state index in [2.05, 4.69) is 15.9 Å². The number of rotatable bonds is 4. The number of amides is 2. The van der Waals surface area contributed by atoms with Crippen molar-refractivity contribution in [1.82, 2.24) is 0 Å². The van der Waals surface area contributed by atoms with E-state index < -0.39 is 17.8 Å². The molecule has 2 amide bonds. The molecule has 0 saturated heterocycles. The van der Waals surface area contributed by atoms with Gasteiger partial charge in [-0.1, -0.05) is 13.3 Å². The van der Waals surface area contributed by atoms with E-state index in [9.17, 15) is 18.0 Å². The Morgan fingerprint density at radius 3 is 2.47 bits per heavy atom. The zero-order valence-corrected chi connectivity index (χ0v) is 11.9. The van der Waals surface area contributed by atoms with Crippen LogP contribution in [-0.4, -0.2) is 12.6 Å². The highest BCUT2D eigenvalue weighted by molar-refractivity contribution is 9.10. The number of benzene rings is 1. The standard InChI is InChI=1S/C12H14BrF3N2O/c1-2-3-6-18(11(17)19)10-5-4-8(7-9(10)13)12(14,15)16/h4-5,7H,2-3,6H2,1H3,(H2,17,19). The number of halogens is 4. The molecule has 1 aromatic carbocycles. The van der Waals surface area contributed by atoms with Gasteiger partial charge in [0.05, 0.1) is 11.3 Å². The highest BCUT2D eigenvalue weighted by atomic mass is 79.9. The normalized spacial score (nSPS) is 11.4. The number of unbranched alkanes of at least 4 members (excludes halogenated alkanes) is 1. The molecule has 2 N–H and O–H groups in total. The molecule has 0 saturated carbocycles. The number of urea groups is 1. The Kier molecular flexibility index (Phi) is 5.22. The summed E-state index contributed by atoms with van der Waals surface area (Å²) >= 11 is 3.05. The molecule has 0 aromatic heterocycles. The number of carbonyl (C=O) groups excluding carboxylic acids is 1. The first-order valence-electron chi connectivity index (χ1n) is 5.71. The molecule has 0 heterocycles. The Balaban J connectivity index is 3.08. The second-order valence-electron chi connectivity index (χ2n) is 4.01.